The number of carbonyl (C=O) groups excluding carboxylic acids is 1. The van der Waals surface area contributed by atoms with Crippen LogP contribution in [0.25, 0.3) is 0 Å². The van der Waals surface area contributed by atoms with Crippen LogP contribution in [0, 0.1) is 11.7 Å². The maximum absolute atomic E-state index is 12.9. The second-order valence-corrected chi connectivity index (χ2v) is 5.78. The molecule has 1 N–H and O–H groups in total. The topological polar surface area (TPSA) is 29.1 Å². The number of amides is 1. The number of rotatable bonds is 4. The van der Waals surface area contributed by atoms with Crippen molar-refractivity contribution in [3.63, 3.8) is 0 Å². The first kappa shape index (κ1) is 14.1. The van der Waals surface area contributed by atoms with Crippen molar-refractivity contribution < 1.29 is 9.18 Å². The van der Waals surface area contributed by atoms with Crippen LogP contribution < -0.4 is 5.32 Å². The molecule has 1 amide bonds. The summed E-state index contributed by atoms with van der Waals surface area (Å²) in [5.74, 6) is 0.0287. The summed E-state index contributed by atoms with van der Waals surface area (Å²) >= 11 is 5.82. The van der Waals surface area contributed by atoms with Crippen molar-refractivity contribution in [3.8, 4) is 0 Å². The van der Waals surface area contributed by atoms with Gasteiger partial charge in [-0.25, -0.2) is 4.39 Å². The maximum atomic E-state index is 12.9. The predicted molar refractivity (Wildman–Crippen MR) is 80.5 cm³/mol. The molecule has 1 saturated carbocycles. The first-order chi connectivity index (χ1) is 10.1. The Hall–Kier alpha value is -1.87. The third kappa shape index (κ3) is 3.42. The molecule has 4 heteroatoms. The lowest BCUT2D eigenvalue weighted by Gasteiger charge is -2.05. The van der Waals surface area contributed by atoms with Gasteiger partial charge >= 0.3 is 0 Å². The quantitative estimate of drug-likeness (QED) is 0.912. The van der Waals surface area contributed by atoms with Crippen molar-refractivity contribution in [2.75, 3.05) is 0 Å². The van der Waals surface area contributed by atoms with E-state index in [1.54, 1.807) is 12.1 Å². The first-order valence-corrected chi connectivity index (χ1v) is 7.29. The van der Waals surface area contributed by atoms with Crippen molar-refractivity contribution in [3.05, 3.63) is 70.5 Å². The molecule has 0 bridgehead atoms. The molecule has 1 aliphatic rings. The number of nitrogens with one attached hydrogen (secondary N) is 1. The van der Waals surface area contributed by atoms with Crippen molar-refractivity contribution in [1.82, 2.24) is 5.32 Å². The van der Waals surface area contributed by atoms with E-state index in [0.717, 1.165) is 17.5 Å². The summed E-state index contributed by atoms with van der Waals surface area (Å²) in [5.41, 5.74) is 2.05. The van der Waals surface area contributed by atoms with E-state index in [0.29, 0.717) is 11.6 Å². The number of halogens is 2. The highest BCUT2D eigenvalue weighted by molar-refractivity contribution is 6.30. The third-order valence-electron chi connectivity index (χ3n) is 3.81. The lowest BCUT2D eigenvalue weighted by molar-refractivity contribution is -0.122. The molecule has 2 atom stereocenters. The minimum Gasteiger partial charge on any atom is -0.352 e. The molecular weight excluding hydrogens is 289 g/mol. The molecule has 3 rings (SSSR count). The normalized spacial score (nSPS) is 20.1. The van der Waals surface area contributed by atoms with E-state index in [-0.39, 0.29) is 23.6 Å². The maximum Gasteiger partial charge on any atom is 0.224 e. The second kappa shape index (κ2) is 5.86. The molecule has 0 heterocycles. The average molecular weight is 304 g/mol. The van der Waals surface area contributed by atoms with Crippen LogP contribution in [0.2, 0.25) is 5.02 Å². The summed E-state index contributed by atoms with van der Waals surface area (Å²) < 4.78 is 12.9. The lowest BCUT2D eigenvalue weighted by Crippen LogP contribution is -2.24. The van der Waals surface area contributed by atoms with Gasteiger partial charge in [0.15, 0.2) is 0 Å². The van der Waals surface area contributed by atoms with Crippen LogP contribution in [0.1, 0.15) is 23.5 Å². The molecule has 21 heavy (non-hydrogen) atoms. The summed E-state index contributed by atoms with van der Waals surface area (Å²) in [5, 5.41) is 3.62. The highest BCUT2D eigenvalue weighted by Gasteiger charge is 2.43. The monoisotopic (exact) mass is 303 g/mol. The van der Waals surface area contributed by atoms with Gasteiger partial charge in [-0.15, -0.1) is 0 Å². The Bertz CT molecular complexity index is 639. The zero-order chi connectivity index (χ0) is 14.8. The van der Waals surface area contributed by atoms with E-state index in [9.17, 15) is 9.18 Å². The van der Waals surface area contributed by atoms with Gasteiger partial charge in [0.25, 0.3) is 0 Å². The van der Waals surface area contributed by atoms with Crippen LogP contribution in [0.3, 0.4) is 0 Å². The summed E-state index contributed by atoms with van der Waals surface area (Å²) in [6, 6.07) is 13.8. The molecule has 0 radical (unpaired) electrons. The standard InChI is InChI=1S/C17H15ClFNO/c18-13-5-1-11(2-6-13)10-20-17(21)16-9-15(16)12-3-7-14(19)8-4-12/h1-8,15-16H,9-10H2,(H,20,21). The third-order valence-corrected chi connectivity index (χ3v) is 4.06. The van der Waals surface area contributed by atoms with Gasteiger partial charge in [0.05, 0.1) is 0 Å². The summed E-state index contributed by atoms with van der Waals surface area (Å²) in [7, 11) is 0. The number of hydrogen-bond acceptors (Lipinski definition) is 1. The van der Waals surface area contributed by atoms with Crippen molar-refractivity contribution in [2.24, 2.45) is 5.92 Å². The van der Waals surface area contributed by atoms with E-state index >= 15 is 0 Å². The van der Waals surface area contributed by atoms with Gasteiger partial charge in [-0.3, -0.25) is 4.79 Å². The molecule has 2 aromatic rings. The molecule has 0 spiro atoms. The summed E-state index contributed by atoms with van der Waals surface area (Å²) in [6.45, 7) is 0.503. The summed E-state index contributed by atoms with van der Waals surface area (Å²) in [6.07, 6.45) is 0.831. The first-order valence-electron chi connectivity index (χ1n) is 6.91. The number of carbonyl (C=O) groups is 1. The van der Waals surface area contributed by atoms with Crippen LogP contribution >= 0.6 is 11.6 Å². The van der Waals surface area contributed by atoms with Gasteiger partial charge in [0.2, 0.25) is 5.91 Å². The second-order valence-electron chi connectivity index (χ2n) is 5.34. The number of hydrogen-bond donors (Lipinski definition) is 1. The van der Waals surface area contributed by atoms with Gasteiger partial charge in [-0.1, -0.05) is 35.9 Å². The Labute approximate surface area is 127 Å². The van der Waals surface area contributed by atoms with Crippen LogP contribution in [0.4, 0.5) is 4.39 Å². The Kier molecular flexibility index (Phi) is 3.93. The van der Waals surface area contributed by atoms with Gasteiger partial charge in [-0.05, 0) is 47.7 Å². The Morgan fingerprint density at radius 1 is 1.14 bits per heavy atom. The number of benzene rings is 2. The van der Waals surface area contributed by atoms with Crippen molar-refractivity contribution in [1.29, 1.82) is 0 Å². The smallest absolute Gasteiger partial charge is 0.224 e. The van der Waals surface area contributed by atoms with E-state index in [4.69, 9.17) is 11.6 Å². The van der Waals surface area contributed by atoms with Crippen LogP contribution in [-0.4, -0.2) is 5.91 Å². The predicted octanol–water partition coefficient (Wildman–Crippen LogP) is 3.90. The van der Waals surface area contributed by atoms with E-state index in [1.807, 2.05) is 24.3 Å². The fourth-order valence-electron chi connectivity index (χ4n) is 2.49. The highest BCUT2D eigenvalue weighted by atomic mass is 35.5. The molecule has 0 saturated heterocycles. The Balaban J connectivity index is 1.53. The molecular formula is C17H15ClFNO. The fourth-order valence-corrected chi connectivity index (χ4v) is 2.61. The van der Waals surface area contributed by atoms with Gasteiger partial charge < -0.3 is 5.32 Å². The van der Waals surface area contributed by atoms with Gasteiger partial charge in [-0.2, -0.15) is 0 Å². The molecule has 0 aliphatic heterocycles. The van der Waals surface area contributed by atoms with Gasteiger partial charge in [0.1, 0.15) is 5.82 Å². The van der Waals surface area contributed by atoms with Crippen LogP contribution in [0.15, 0.2) is 48.5 Å². The fraction of sp³-hybridized carbons (Fsp3) is 0.235. The van der Waals surface area contributed by atoms with E-state index < -0.39 is 0 Å². The molecule has 1 fully saturated rings. The highest BCUT2D eigenvalue weighted by Crippen LogP contribution is 2.47. The minimum atomic E-state index is -0.247. The minimum absolute atomic E-state index is 0.00256. The van der Waals surface area contributed by atoms with Crippen molar-refractivity contribution >= 4 is 17.5 Å². The zero-order valence-corrected chi connectivity index (χ0v) is 12.1. The molecule has 1 aliphatic carbocycles. The Morgan fingerprint density at radius 3 is 2.48 bits per heavy atom. The lowest BCUT2D eigenvalue weighted by atomic mass is 10.1. The average Bonchev–Trinajstić information content (AvgIpc) is 3.28. The zero-order valence-electron chi connectivity index (χ0n) is 11.4. The van der Waals surface area contributed by atoms with E-state index in [2.05, 4.69) is 5.32 Å². The molecule has 108 valence electrons. The molecule has 2 aromatic carbocycles. The SMILES string of the molecule is O=C(NCc1ccc(Cl)cc1)C1CC1c1ccc(F)cc1. The Morgan fingerprint density at radius 2 is 1.81 bits per heavy atom. The van der Waals surface area contributed by atoms with E-state index in [1.165, 1.54) is 12.1 Å². The van der Waals surface area contributed by atoms with Crippen LogP contribution in [0.5, 0.6) is 0 Å². The largest absolute Gasteiger partial charge is 0.352 e. The molecule has 2 nitrogen and oxygen atoms in total. The molecule has 2 unspecified atom stereocenters. The summed E-state index contributed by atoms with van der Waals surface area (Å²) in [4.78, 5) is 12.1. The molecule has 0 aromatic heterocycles. The van der Waals surface area contributed by atoms with Gasteiger partial charge in [0, 0.05) is 17.5 Å². The van der Waals surface area contributed by atoms with Crippen LogP contribution in [-0.2, 0) is 11.3 Å². The van der Waals surface area contributed by atoms with Crippen molar-refractivity contribution in [2.45, 2.75) is 18.9 Å².